The number of nitrogens with two attached hydrogens (primary N) is 1. The highest BCUT2D eigenvalue weighted by molar-refractivity contribution is 5.81. The van der Waals surface area contributed by atoms with Crippen LogP contribution in [0.15, 0.2) is 11.6 Å². The Morgan fingerprint density at radius 2 is 1.68 bits per heavy atom. The second-order valence-corrected chi connectivity index (χ2v) is 20.3. The number of nitrogens with zero attached hydrogens (tertiary/aromatic N) is 1. The van der Waals surface area contributed by atoms with Crippen molar-refractivity contribution in [1.29, 1.82) is 0 Å². The van der Waals surface area contributed by atoms with Gasteiger partial charge < -0.3 is 76.3 Å². The minimum absolute atomic E-state index is 0.000669. The van der Waals surface area contributed by atoms with Crippen molar-refractivity contribution >= 4 is 12.0 Å². The molecule has 1 heterocycles. The fraction of sp³-hybridized carbons (Fsp3) is 0.913. The average molecular weight is 899 g/mol. The summed E-state index contributed by atoms with van der Waals surface area (Å²) in [6.45, 7) is 12.0. The number of hydrogen-bond acceptors (Lipinski definition) is 15. The molecule has 1 aliphatic heterocycles. The van der Waals surface area contributed by atoms with E-state index in [9.17, 15) is 50.4 Å². The molecule has 364 valence electrons. The van der Waals surface area contributed by atoms with Crippen molar-refractivity contribution in [2.24, 2.45) is 52.1 Å². The Kier molecular flexibility index (Phi) is 19.1. The smallest absolute Gasteiger partial charge is 0.410 e. The Balaban J connectivity index is 1.05. The summed E-state index contributed by atoms with van der Waals surface area (Å²) >= 11 is 0. The molecule has 63 heavy (non-hydrogen) atoms. The predicted octanol–water partition coefficient (Wildman–Crippen LogP) is 0.760. The number of carbonyl (C=O) groups is 2. The Hall–Kier alpha value is -2.00. The molecule has 4 aliphatic carbocycles. The summed E-state index contributed by atoms with van der Waals surface area (Å²) in [6, 6.07) is 0. The fourth-order valence-corrected chi connectivity index (χ4v) is 12.3. The molecule has 0 aromatic heterocycles. The van der Waals surface area contributed by atoms with Crippen molar-refractivity contribution < 1.29 is 64.7 Å². The molecule has 1 saturated heterocycles. The maximum Gasteiger partial charge on any atom is 0.410 e. The van der Waals surface area contributed by atoms with Crippen molar-refractivity contribution in [2.75, 3.05) is 52.5 Å². The lowest BCUT2D eigenvalue weighted by Gasteiger charge is -2.58. The Morgan fingerprint density at radius 3 is 2.37 bits per heavy atom. The molecule has 12 N–H and O–H groups in total. The summed E-state index contributed by atoms with van der Waals surface area (Å²) < 4.78 is 16.7. The SMILES string of the molecule is CC(C)CCC[C@H](C)[C@H]1CCC2C3CC=C4CC(OC(=O)N(CCN)CCNCCNC(=O)C(O)C(O)C(O[C@H]5O[C@@H](CO)[C@H](O)[C@@H](O)C5O)C(O)CO)CC[C@]4(C)C3CC[C@@]21C. The highest BCUT2D eigenvalue weighted by atomic mass is 16.7. The van der Waals surface area contributed by atoms with Crippen LogP contribution in [-0.2, 0) is 19.0 Å². The van der Waals surface area contributed by atoms with Crippen LogP contribution in [0.1, 0.15) is 105 Å². The topological polar surface area (TPSA) is 277 Å². The van der Waals surface area contributed by atoms with Crippen LogP contribution >= 0.6 is 0 Å². The number of allylic oxidation sites excluding steroid dienone is 1. The molecule has 17 nitrogen and oxygen atoms in total. The monoisotopic (exact) mass is 899 g/mol. The third-order valence-corrected chi connectivity index (χ3v) is 16.0. The van der Waals surface area contributed by atoms with Crippen molar-refractivity contribution in [3.05, 3.63) is 11.6 Å². The molecule has 0 radical (unpaired) electrons. The molecular weight excluding hydrogens is 817 g/mol. The molecule has 0 aromatic rings. The Morgan fingerprint density at radius 1 is 0.937 bits per heavy atom. The van der Waals surface area contributed by atoms with Gasteiger partial charge in [-0.3, -0.25) is 4.79 Å². The molecule has 4 fully saturated rings. The molecule has 17 atom stereocenters. The molecule has 0 spiro atoms. The summed E-state index contributed by atoms with van der Waals surface area (Å²) in [6.07, 6.45) is -1.72. The van der Waals surface area contributed by atoms with E-state index in [1.54, 1.807) is 4.90 Å². The number of hydrogen-bond donors (Lipinski definition) is 11. The molecule has 9 unspecified atom stereocenters. The van der Waals surface area contributed by atoms with Crippen LogP contribution in [-0.4, -0.2) is 171 Å². The summed E-state index contributed by atoms with van der Waals surface area (Å²) in [5.74, 6) is 3.53. The zero-order valence-electron chi connectivity index (χ0n) is 38.4. The molecule has 0 bridgehead atoms. The first-order chi connectivity index (χ1) is 29.9. The lowest BCUT2D eigenvalue weighted by atomic mass is 9.47. The van der Waals surface area contributed by atoms with E-state index in [1.165, 1.54) is 50.5 Å². The normalized spacial score (nSPS) is 36.5. The summed E-state index contributed by atoms with van der Waals surface area (Å²) in [5, 5.41) is 86.6. The molecule has 17 heteroatoms. The van der Waals surface area contributed by atoms with Crippen LogP contribution in [0.3, 0.4) is 0 Å². The van der Waals surface area contributed by atoms with Crippen LogP contribution in [0.4, 0.5) is 4.79 Å². The first-order valence-corrected chi connectivity index (χ1v) is 23.9. The molecule has 2 amide bonds. The van der Waals surface area contributed by atoms with Gasteiger partial charge in [0, 0.05) is 45.7 Å². The molecule has 5 rings (SSSR count). The molecule has 3 saturated carbocycles. The lowest BCUT2D eigenvalue weighted by Crippen LogP contribution is -2.62. The molecule has 0 aromatic carbocycles. The van der Waals surface area contributed by atoms with Gasteiger partial charge in [0.2, 0.25) is 0 Å². The van der Waals surface area contributed by atoms with Crippen LogP contribution in [0.2, 0.25) is 0 Å². The number of amides is 2. The van der Waals surface area contributed by atoms with Crippen LogP contribution < -0.4 is 16.4 Å². The molecule has 5 aliphatic rings. The van der Waals surface area contributed by atoms with E-state index in [0.29, 0.717) is 31.0 Å². The highest BCUT2D eigenvalue weighted by Gasteiger charge is 2.59. The van der Waals surface area contributed by atoms with Gasteiger partial charge in [-0.2, -0.15) is 0 Å². The zero-order valence-corrected chi connectivity index (χ0v) is 38.4. The second kappa shape index (κ2) is 23.1. The quantitative estimate of drug-likeness (QED) is 0.0529. The number of rotatable bonds is 22. The van der Waals surface area contributed by atoms with Crippen LogP contribution in [0.5, 0.6) is 0 Å². The van der Waals surface area contributed by atoms with Crippen molar-refractivity contribution in [1.82, 2.24) is 15.5 Å². The minimum Gasteiger partial charge on any atom is -0.446 e. The van der Waals surface area contributed by atoms with Gasteiger partial charge in [-0.25, -0.2) is 4.79 Å². The lowest BCUT2D eigenvalue weighted by molar-refractivity contribution is -0.326. The summed E-state index contributed by atoms with van der Waals surface area (Å²) in [4.78, 5) is 27.8. The van der Waals surface area contributed by atoms with E-state index in [4.69, 9.17) is 19.9 Å². The standard InChI is InChI=1S/C46H82N4O13/c1-26(2)7-6-8-27(3)31-11-12-32-30-10-9-28-23-29(13-15-45(28,4)33(30)14-16-46(31,32)5)61-44(60)50(21-17-47)22-20-48-18-19-49-42(59)39(57)38(56)41(34(53)24-51)63-43-40(58)37(55)36(54)35(25-52)62-43/h9,26-27,29-41,43,48,51-58H,6-8,10-25,47H2,1-5H3,(H,49,59)/t27-,29?,30?,31+,32?,33?,34?,35-,36-,37+,38?,39?,40?,41?,43+,45-,46+/m0/s1. The van der Waals surface area contributed by atoms with E-state index in [-0.39, 0.29) is 31.2 Å². The first kappa shape index (κ1) is 52.0. The number of fused-ring (bicyclic) bond motifs is 5. The average Bonchev–Trinajstić information content (AvgIpc) is 3.62. The number of aliphatic hydroxyl groups excluding tert-OH is 8. The minimum atomic E-state index is -2.17. The maximum absolute atomic E-state index is 13.5. The third-order valence-electron chi connectivity index (χ3n) is 16.0. The highest BCUT2D eigenvalue weighted by Crippen LogP contribution is 2.67. The number of carbonyl (C=O) groups excluding carboxylic acids is 2. The van der Waals surface area contributed by atoms with Gasteiger partial charge in [-0.05, 0) is 91.3 Å². The van der Waals surface area contributed by atoms with E-state index in [0.717, 1.165) is 55.3 Å². The van der Waals surface area contributed by atoms with Crippen molar-refractivity contribution in [2.45, 2.75) is 166 Å². The van der Waals surface area contributed by atoms with E-state index < -0.39 is 80.3 Å². The van der Waals surface area contributed by atoms with Gasteiger partial charge in [0.05, 0.1) is 13.2 Å². The summed E-state index contributed by atoms with van der Waals surface area (Å²) in [7, 11) is 0. The maximum atomic E-state index is 13.5. The van der Waals surface area contributed by atoms with Gasteiger partial charge in [0.25, 0.3) is 5.91 Å². The van der Waals surface area contributed by atoms with Crippen molar-refractivity contribution in [3.8, 4) is 0 Å². The van der Waals surface area contributed by atoms with Crippen molar-refractivity contribution in [3.63, 3.8) is 0 Å². The van der Waals surface area contributed by atoms with E-state index >= 15 is 0 Å². The van der Waals surface area contributed by atoms with Gasteiger partial charge in [0.15, 0.2) is 12.4 Å². The third kappa shape index (κ3) is 11.9. The number of aliphatic hydroxyl groups is 8. The van der Waals surface area contributed by atoms with Gasteiger partial charge in [0.1, 0.15) is 48.8 Å². The van der Waals surface area contributed by atoms with E-state index in [2.05, 4.69) is 51.3 Å². The second-order valence-electron chi connectivity index (χ2n) is 20.3. The molecular formula is C46H82N4O13. The first-order valence-electron chi connectivity index (χ1n) is 23.9. The Labute approximate surface area is 374 Å². The largest absolute Gasteiger partial charge is 0.446 e. The van der Waals surface area contributed by atoms with Gasteiger partial charge in [-0.1, -0.05) is 65.5 Å². The zero-order chi connectivity index (χ0) is 46.2. The fourth-order valence-electron chi connectivity index (χ4n) is 12.3. The van der Waals surface area contributed by atoms with Gasteiger partial charge >= 0.3 is 6.09 Å². The predicted molar refractivity (Wildman–Crippen MR) is 234 cm³/mol. The summed E-state index contributed by atoms with van der Waals surface area (Å²) in [5.41, 5.74) is 7.92. The number of ether oxygens (including phenoxy) is 3. The Bertz CT molecular complexity index is 1490. The van der Waals surface area contributed by atoms with Gasteiger partial charge in [-0.15, -0.1) is 0 Å². The van der Waals surface area contributed by atoms with Crippen LogP contribution in [0.25, 0.3) is 0 Å². The van der Waals surface area contributed by atoms with E-state index in [1.807, 2.05) is 0 Å². The van der Waals surface area contributed by atoms with Crippen LogP contribution in [0, 0.1) is 46.3 Å². The number of nitrogens with one attached hydrogen (secondary N) is 2.